The van der Waals surface area contributed by atoms with Crippen molar-refractivity contribution >= 4 is 23.4 Å². The van der Waals surface area contributed by atoms with Gasteiger partial charge in [0.15, 0.2) is 0 Å². The summed E-state index contributed by atoms with van der Waals surface area (Å²) < 4.78 is 0. The van der Waals surface area contributed by atoms with Crippen molar-refractivity contribution in [2.24, 2.45) is 5.92 Å². The molecule has 1 aromatic rings. The van der Waals surface area contributed by atoms with Crippen molar-refractivity contribution in [3.63, 3.8) is 0 Å². The van der Waals surface area contributed by atoms with Crippen LogP contribution in [0.2, 0.25) is 5.02 Å². The van der Waals surface area contributed by atoms with Gasteiger partial charge in [0, 0.05) is 15.2 Å². The molecule has 0 radical (unpaired) electrons. The van der Waals surface area contributed by atoms with E-state index < -0.39 is 0 Å². The van der Waals surface area contributed by atoms with Gasteiger partial charge in [0.2, 0.25) is 0 Å². The zero-order chi connectivity index (χ0) is 10.7. The number of nitriles is 1. The molecule has 1 aliphatic carbocycles. The first kappa shape index (κ1) is 10.9. The third-order valence-electron chi connectivity index (χ3n) is 2.72. The summed E-state index contributed by atoms with van der Waals surface area (Å²) in [7, 11) is 0. The number of rotatable bonds is 2. The normalized spacial score (nSPS) is 25.1. The molecule has 1 aliphatic rings. The van der Waals surface area contributed by atoms with Crippen LogP contribution in [0.3, 0.4) is 0 Å². The Hall–Kier alpha value is -0.650. The molecule has 0 spiro atoms. The second-order valence-electron chi connectivity index (χ2n) is 3.78. The Kier molecular flexibility index (Phi) is 3.56. The highest BCUT2D eigenvalue weighted by Gasteiger charge is 2.27. The molecule has 0 N–H and O–H groups in total. The second-order valence-corrected chi connectivity index (χ2v) is 5.53. The summed E-state index contributed by atoms with van der Waals surface area (Å²) in [5.41, 5.74) is 0. The minimum atomic E-state index is 0.227. The maximum absolute atomic E-state index is 8.97. The van der Waals surface area contributed by atoms with Crippen molar-refractivity contribution in [2.75, 3.05) is 0 Å². The molecule has 15 heavy (non-hydrogen) atoms. The third kappa shape index (κ3) is 2.68. The van der Waals surface area contributed by atoms with E-state index in [1.807, 2.05) is 36.0 Å². The van der Waals surface area contributed by atoms with Crippen molar-refractivity contribution in [2.45, 2.75) is 29.4 Å². The monoisotopic (exact) mass is 237 g/mol. The van der Waals surface area contributed by atoms with Crippen LogP contribution in [0.5, 0.6) is 0 Å². The maximum atomic E-state index is 8.97. The van der Waals surface area contributed by atoms with Gasteiger partial charge < -0.3 is 0 Å². The predicted molar refractivity (Wildman–Crippen MR) is 64.1 cm³/mol. The molecule has 1 nitrogen and oxygen atoms in total. The number of nitrogens with zero attached hydrogens (tertiary/aromatic N) is 1. The standard InChI is InChI=1S/C12H12ClNS/c13-10-4-6-11(7-5-10)15-12-3-1-2-9(12)8-14/h4-7,9,12H,1-3H2. The van der Waals surface area contributed by atoms with Crippen LogP contribution in [0.25, 0.3) is 0 Å². The summed E-state index contributed by atoms with van der Waals surface area (Å²) in [5, 5.41) is 10.2. The molecule has 0 aromatic heterocycles. The lowest BCUT2D eigenvalue weighted by Crippen LogP contribution is -2.06. The number of thioether (sulfide) groups is 1. The Labute approximate surface area is 99.4 Å². The van der Waals surface area contributed by atoms with Crippen molar-refractivity contribution < 1.29 is 0 Å². The smallest absolute Gasteiger partial charge is 0.0667 e. The van der Waals surface area contributed by atoms with E-state index in [-0.39, 0.29) is 5.92 Å². The van der Waals surface area contributed by atoms with Crippen molar-refractivity contribution in [1.82, 2.24) is 0 Å². The van der Waals surface area contributed by atoms with Gasteiger partial charge in [0.25, 0.3) is 0 Å². The Morgan fingerprint density at radius 3 is 2.67 bits per heavy atom. The molecule has 3 heteroatoms. The summed E-state index contributed by atoms with van der Waals surface area (Å²) in [6.07, 6.45) is 3.40. The van der Waals surface area contributed by atoms with Crippen molar-refractivity contribution in [3.05, 3.63) is 29.3 Å². The van der Waals surface area contributed by atoms with Crippen LogP contribution in [0.1, 0.15) is 19.3 Å². The zero-order valence-electron chi connectivity index (χ0n) is 8.32. The molecule has 0 heterocycles. The van der Waals surface area contributed by atoms with E-state index in [1.165, 1.54) is 11.3 Å². The van der Waals surface area contributed by atoms with Gasteiger partial charge in [-0.1, -0.05) is 18.0 Å². The van der Waals surface area contributed by atoms with Gasteiger partial charge in [0.05, 0.1) is 12.0 Å². The van der Waals surface area contributed by atoms with Gasteiger partial charge in [-0.05, 0) is 37.1 Å². The second kappa shape index (κ2) is 4.92. The van der Waals surface area contributed by atoms with Crippen molar-refractivity contribution in [3.8, 4) is 6.07 Å². The summed E-state index contributed by atoms with van der Waals surface area (Å²) in [4.78, 5) is 1.21. The molecule has 78 valence electrons. The molecule has 1 saturated carbocycles. The van der Waals surface area contributed by atoms with Crippen LogP contribution in [0, 0.1) is 17.2 Å². The van der Waals surface area contributed by atoms with E-state index in [2.05, 4.69) is 6.07 Å². The van der Waals surface area contributed by atoms with Crippen LogP contribution < -0.4 is 0 Å². The van der Waals surface area contributed by atoms with E-state index in [0.29, 0.717) is 5.25 Å². The lowest BCUT2D eigenvalue weighted by Gasteiger charge is -2.12. The van der Waals surface area contributed by atoms with Gasteiger partial charge in [-0.3, -0.25) is 0 Å². The average molecular weight is 238 g/mol. The molecule has 0 aliphatic heterocycles. The fraction of sp³-hybridized carbons (Fsp3) is 0.417. The van der Waals surface area contributed by atoms with Gasteiger partial charge >= 0.3 is 0 Å². The molecular formula is C12H12ClNS. The summed E-state index contributed by atoms with van der Waals surface area (Å²) in [6, 6.07) is 10.3. The van der Waals surface area contributed by atoms with E-state index >= 15 is 0 Å². The Morgan fingerprint density at radius 2 is 2.00 bits per heavy atom. The summed E-state index contributed by atoms with van der Waals surface area (Å²) in [5.74, 6) is 0.227. The van der Waals surface area contributed by atoms with Crippen LogP contribution >= 0.6 is 23.4 Å². The minimum absolute atomic E-state index is 0.227. The van der Waals surface area contributed by atoms with Crippen LogP contribution in [-0.4, -0.2) is 5.25 Å². The lowest BCUT2D eigenvalue weighted by atomic mass is 10.1. The number of hydrogen-bond acceptors (Lipinski definition) is 2. The van der Waals surface area contributed by atoms with Crippen molar-refractivity contribution in [1.29, 1.82) is 5.26 Å². The molecule has 1 fully saturated rings. The first-order valence-electron chi connectivity index (χ1n) is 5.11. The quantitative estimate of drug-likeness (QED) is 0.773. The molecular weight excluding hydrogens is 226 g/mol. The molecule has 0 amide bonds. The number of benzene rings is 1. The topological polar surface area (TPSA) is 23.8 Å². The predicted octanol–water partition coefficient (Wildman–Crippen LogP) is 4.12. The molecule has 2 unspecified atom stereocenters. The first-order chi connectivity index (χ1) is 7.29. The fourth-order valence-electron chi connectivity index (χ4n) is 1.90. The molecule has 1 aromatic carbocycles. The Morgan fingerprint density at radius 1 is 1.27 bits per heavy atom. The van der Waals surface area contributed by atoms with E-state index in [4.69, 9.17) is 16.9 Å². The van der Waals surface area contributed by atoms with E-state index in [0.717, 1.165) is 17.9 Å². The van der Waals surface area contributed by atoms with Crippen LogP contribution in [-0.2, 0) is 0 Å². The number of hydrogen-bond donors (Lipinski definition) is 0. The third-order valence-corrected chi connectivity index (χ3v) is 4.38. The van der Waals surface area contributed by atoms with E-state index in [9.17, 15) is 0 Å². The highest BCUT2D eigenvalue weighted by molar-refractivity contribution is 8.00. The highest BCUT2D eigenvalue weighted by atomic mass is 35.5. The molecule has 2 rings (SSSR count). The number of halogens is 1. The largest absolute Gasteiger partial charge is 0.198 e. The van der Waals surface area contributed by atoms with Crippen LogP contribution in [0.15, 0.2) is 29.2 Å². The van der Waals surface area contributed by atoms with Gasteiger partial charge in [-0.25, -0.2) is 0 Å². The fourth-order valence-corrected chi connectivity index (χ4v) is 3.32. The highest BCUT2D eigenvalue weighted by Crippen LogP contribution is 2.38. The Bertz CT molecular complexity index is 368. The average Bonchev–Trinajstić information content (AvgIpc) is 2.69. The summed E-state index contributed by atoms with van der Waals surface area (Å²) >= 11 is 7.63. The first-order valence-corrected chi connectivity index (χ1v) is 6.37. The SMILES string of the molecule is N#CC1CCCC1Sc1ccc(Cl)cc1. The maximum Gasteiger partial charge on any atom is 0.0667 e. The Balaban J connectivity index is 2.03. The van der Waals surface area contributed by atoms with Gasteiger partial charge in [-0.2, -0.15) is 5.26 Å². The minimum Gasteiger partial charge on any atom is -0.198 e. The van der Waals surface area contributed by atoms with Crippen LogP contribution in [0.4, 0.5) is 0 Å². The zero-order valence-corrected chi connectivity index (χ0v) is 9.89. The molecule has 0 saturated heterocycles. The lowest BCUT2D eigenvalue weighted by molar-refractivity contribution is 0.714. The van der Waals surface area contributed by atoms with Gasteiger partial charge in [-0.15, -0.1) is 11.8 Å². The molecule has 0 bridgehead atoms. The summed E-state index contributed by atoms with van der Waals surface area (Å²) in [6.45, 7) is 0. The van der Waals surface area contributed by atoms with E-state index in [1.54, 1.807) is 0 Å². The molecule has 2 atom stereocenters. The van der Waals surface area contributed by atoms with Gasteiger partial charge in [0.1, 0.15) is 0 Å².